The number of H-pyrrole nitrogens is 1. The molecular formula is C20H15Cl2N5O2. The van der Waals surface area contributed by atoms with Crippen molar-refractivity contribution in [2.75, 3.05) is 12.4 Å². The molecule has 0 bridgehead atoms. The molecule has 0 aliphatic heterocycles. The average molecular weight is 428 g/mol. The highest BCUT2D eigenvalue weighted by atomic mass is 35.5. The number of rotatable bonds is 5. The maximum Gasteiger partial charge on any atom is 0.269 e. The second kappa shape index (κ2) is 7.98. The van der Waals surface area contributed by atoms with E-state index in [9.17, 15) is 4.79 Å². The summed E-state index contributed by atoms with van der Waals surface area (Å²) in [7, 11) is 1.55. The van der Waals surface area contributed by atoms with Crippen molar-refractivity contribution in [2.24, 2.45) is 0 Å². The largest absolute Gasteiger partial charge is 0.457 e. The molecule has 0 aliphatic carbocycles. The molecule has 0 unspecified atom stereocenters. The number of nitrogens with zero attached hydrogens (tertiary/aromatic N) is 2. The Balaban J connectivity index is 1.56. The van der Waals surface area contributed by atoms with E-state index in [2.05, 4.69) is 25.6 Å². The van der Waals surface area contributed by atoms with Crippen molar-refractivity contribution in [1.82, 2.24) is 20.3 Å². The molecule has 9 heteroatoms. The standard InChI is InChI=1S/C20H15Cl2N5O2/c1-23-19(28)18-10-13(6-7-24-18)29-12-3-5-16-17(9-12)27-20(26-16)25-15-4-2-11(21)8-14(15)22/h2-10H,1H3,(H,23,28)(H2,25,26,27). The van der Waals surface area contributed by atoms with Gasteiger partial charge < -0.3 is 20.4 Å². The zero-order chi connectivity index (χ0) is 20.4. The third kappa shape index (κ3) is 4.26. The molecule has 29 heavy (non-hydrogen) atoms. The molecule has 0 spiro atoms. The van der Waals surface area contributed by atoms with Gasteiger partial charge in [0.1, 0.15) is 17.2 Å². The van der Waals surface area contributed by atoms with Crippen LogP contribution >= 0.6 is 23.2 Å². The minimum atomic E-state index is -0.281. The third-order valence-corrected chi connectivity index (χ3v) is 4.61. The number of imidazole rings is 1. The monoisotopic (exact) mass is 427 g/mol. The predicted molar refractivity (Wildman–Crippen MR) is 114 cm³/mol. The van der Waals surface area contributed by atoms with Gasteiger partial charge >= 0.3 is 0 Å². The summed E-state index contributed by atoms with van der Waals surface area (Å²) >= 11 is 12.1. The van der Waals surface area contributed by atoms with Crippen LogP contribution in [-0.2, 0) is 0 Å². The van der Waals surface area contributed by atoms with E-state index in [1.165, 1.54) is 6.20 Å². The Kier molecular flexibility index (Phi) is 5.24. The molecule has 4 aromatic rings. The molecule has 7 nitrogen and oxygen atoms in total. The van der Waals surface area contributed by atoms with Gasteiger partial charge in [0.25, 0.3) is 5.91 Å². The van der Waals surface area contributed by atoms with E-state index in [-0.39, 0.29) is 11.6 Å². The van der Waals surface area contributed by atoms with E-state index < -0.39 is 0 Å². The molecule has 2 aromatic carbocycles. The van der Waals surface area contributed by atoms with Crippen LogP contribution < -0.4 is 15.4 Å². The van der Waals surface area contributed by atoms with Crippen molar-refractivity contribution >= 4 is 51.8 Å². The van der Waals surface area contributed by atoms with E-state index in [0.717, 1.165) is 11.0 Å². The fourth-order valence-corrected chi connectivity index (χ4v) is 3.15. The topological polar surface area (TPSA) is 91.9 Å². The summed E-state index contributed by atoms with van der Waals surface area (Å²) in [5, 5.41) is 6.72. The quantitative estimate of drug-likeness (QED) is 0.409. The van der Waals surface area contributed by atoms with Crippen molar-refractivity contribution < 1.29 is 9.53 Å². The van der Waals surface area contributed by atoms with Gasteiger partial charge in [0.05, 0.1) is 21.7 Å². The van der Waals surface area contributed by atoms with Crippen LogP contribution in [0.5, 0.6) is 11.5 Å². The first-order chi connectivity index (χ1) is 14.0. The van der Waals surface area contributed by atoms with Gasteiger partial charge in [0.2, 0.25) is 5.95 Å². The highest BCUT2D eigenvalue weighted by Crippen LogP contribution is 2.29. The molecule has 0 saturated heterocycles. The lowest BCUT2D eigenvalue weighted by Gasteiger charge is -2.06. The molecule has 1 amide bonds. The van der Waals surface area contributed by atoms with Crippen molar-refractivity contribution in [3.05, 3.63) is 70.5 Å². The Morgan fingerprint density at radius 1 is 1.07 bits per heavy atom. The molecule has 0 saturated carbocycles. The number of pyridine rings is 1. The van der Waals surface area contributed by atoms with Crippen LogP contribution in [0.25, 0.3) is 11.0 Å². The summed E-state index contributed by atoms with van der Waals surface area (Å²) < 4.78 is 5.86. The van der Waals surface area contributed by atoms with Crippen LogP contribution in [0.3, 0.4) is 0 Å². The number of benzene rings is 2. The summed E-state index contributed by atoms with van der Waals surface area (Å²) in [5.41, 5.74) is 2.49. The van der Waals surface area contributed by atoms with Gasteiger partial charge in [-0.1, -0.05) is 23.2 Å². The summed E-state index contributed by atoms with van der Waals surface area (Å²) in [6, 6.07) is 13.9. The molecule has 3 N–H and O–H groups in total. The molecule has 0 fully saturated rings. The molecule has 2 aromatic heterocycles. The number of anilines is 2. The first-order valence-corrected chi connectivity index (χ1v) is 9.35. The number of nitrogens with one attached hydrogen (secondary N) is 3. The minimum absolute atomic E-state index is 0.277. The van der Waals surface area contributed by atoms with Crippen molar-refractivity contribution in [3.63, 3.8) is 0 Å². The van der Waals surface area contributed by atoms with Crippen LogP contribution in [0.1, 0.15) is 10.5 Å². The summed E-state index contributed by atoms with van der Waals surface area (Å²) in [5.74, 6) is 1.35. The molecular weight excluding hydrogens is 413 g/mol. The van der Waals surface area contributed by atoms with Gasteiger partial charge in [-0.25, -0.2) is 4.98 Å². The smallest absolute Gasteiger partial charge is 0.269 e. The van der Waals surface area contributed by atoms with Gasteiger partial charge in [-0.3, -0.25) is 9.78 Å². The van der Waals surface area contributed by atoms with Crippen molar-refractivity contribution in [1.29, 1.82) is 0 Å². The summed E-state index contributed by atoms with van der Waals surface area (Å²) in [6.07, 6.45) is 1.52. The first-order valence-electron chi connectivity index (χ1n) is 8.59. The number of hydrogen-bond donors (Lipinski definition) is 3. The SMILES string of the molecule is CNC(=O)c1cc(Oc2ccc3nc(Nc4ccc(Cl)cc4Cl)[nH]c3c2)ccn1. The Bertz CT molecular complexity index is 1210. The van der Waals surface area contributed by atoms with E-state index in [4.69, 9.17) is 27.9 Å². The zero-order valence-corrected chi connectivity index (χ0v) is 16.7. The summed E-state index contributed by atoms with van der Waals surface area (Å²) in [6.45, 7) is 0. The second-order valence-electron chi connectivity index (χ2n) is 6.07. The normalized spacial score (nSPS) is 10.7. The van der Waals surface area contributed by atoms with Crippen molar-refractivity contribution in [3.8, 4) is 11.5 Å². The number of ether oxygens (including phenoxy) is 1. The number of halogens is 2. The maximum absolute atomic E-state index is 11.7. The van der Waals surface area contributed by atoms with Gasteiger partial charge in [0.15, 0.2) is 0 Å². The van der Waals surface area contributed by atoms with E-state index in [1.54, 1.807) is 43.4 Å². The second-order valence-corrected chi connectivity index (χ2v) is 6.92. The number of carbonyl (C=O) groups is 1. The Hall–Kier alpha value is -3.29. The predicted octanol–water partition coefficient (Wildman–Crippen LogP) is 5.16. The molecule has 0 atom stereocenters. The average Bonchev–Trinajstić information content (AvgIpc) is 3.11. The van der Waals surface area contributed by atoms with Crippen LogP contribution in [-0.4, -0.2) is 27.9 Å². The van der Waals surface area contributed by atoms with Gasteiger partial charge in [-0.2, -0.15) is 0 Å². The number of carbonyl (C=O) groups excluding carboxylic acids is 1. The van der Waals surface area contributed by atoms with Crippen LogP contribution in [0.15, 0.2) is 54.7 Å². The van der Waals surface area contributed by atoms with E-state index >= 15 is 0 Å². The lowest BCUT2D eigenvalue weighted by Crippen LogP contribution is -2.18. The first kappa shape index (κ1) is 19.0. The Morgan fingerprint density at radius 2 is 1.90 bits per heavy atom. The Labute approximate surface area is 176 Å². The lowest BCUT2D eigenvalue weighted by molar-refractivity contribution is 0.0958. The fraction of sp³-hybridized carbons (Fsp3) is 0.0500. The zero-order valence-electron chi connectivity index (χ0n) is 15.2. The number of amides is 1. The molecule has 0 aliphatic rings. The third-order valence-electron chi connectivity index (χ3n) is 4.06. The van der Waals surface area contributed by atoms with Crippen LogP contribution in [0.4, 0.5) is 11.6 Å². The molecule has 0 radical (unpaired) electrons. The van der Waals surface area contributed by atoms with E-state index in [1.807, 2.05) is 12.1 Å². The lowest BCUT2D eigenvalue weighted by atomic mass is 10.3. The minimum Gasteiger partial charge on any atom is -0.457 e. The Morgan fingerprint density at radius 3 is 2.69 bits per heavy atom. The number of aromatic amines is 1. The van der Waals surface area contributed by atoms with Crippen molar-refractivity contribution in [2.45, 2.75) is 0 Å². The summed E-state index contributed by atoms with van der Waals surface area (Å²) in [4.78, 5) is 23.4. The number of aromatic nitrogens is 3. The van der Waals surface area contributed by atoms with Gasteiger partial charge in [0, 0.05) is 30.4 Å². The highest BCUT2D eigenvalue weighted by molar-refractivity contribution is 6.36. The van der Waals surface area contributed by atoms with Crippen LogP contribution in [0, 0.1) is 0 Å². The van der Waals surface area contributed by atoms with Gasteiger partial charge in [-0.05, 0) is 36.4 Å². The van der Waals surface area contributed by atoms with Gasteiger partial charge in [-0.15, -0.1) is 0 Å². The molecule has 4 rings (SSSR count). The fourth-order valence-electron chi connectivity index (χ4n) is 2.69. The maximum atomic E-state index is 11.7. The molecule has 2 heterocycles. The highest BCUT2D eigenvalue weighted by Gasteiger charge is 2.09. The number of fused-ring (bicyclic) bond motifs is 1. The number of hydrogen-bond acceptors (Lipinski definition) is 5. The van der Waals surface area contributed by atoms with Crippen LogP contribution in [0.2, 0.25) is 10.0 Å². The van der Waals surface area contributed by atoms with E-state index in [0.29, 0.717) is 33.2 Å². The molecule has 146 valence electrons.